The zero-order chi connectivity index (χ0) is 19.9. The Kier molecular flexibility index (Phi) is 4.53. The van der Waals surface area contributed by atoms with Gasteiger partial charge in [-0.25, -0.2) is 0 Å². The summed E-state index contributed by atoms with van der Waals surface area (Å²) in [7, 11) is 0. The minimum atomic E-state index is -1.12. The highest BCUT2D eigenvalue weighted by molar-refractivity contribution is 5.83. The molecule has 0 bridgehead atoms. The van der Waals surface area contributed by atoms with E-state index in [9.17, 15) is 9.90 Å². The molecule has 0 amide bonds. The summed E-state index contributed by atoms with van der Waals surface area (Å²) in [5, 5.41) is 9.42. The number of rotatable bonds is 5. The van der Waals surface area contributed by atoms with Crippen LogP contribution in [0.5, 0.6) is 0 Å². The third kappa shape index (κ3) is 2.65. The molecule has 0 saturated heterocycles. The van der Waals surface area contributed by atoms with Gasteiger partial charge in [0.1, 0.15) is 11.6 Å². The molecule has 1 unspecified atom stereocenters. The van der Waals surface area contributed by atoms with Crippen molar-refractivity contribution in [3.63, 3.8) is 0 Å². The Morgan fingerprint density at radius 3 is 2.32 bits per heavy atom. The van der Waals surface area contributed by atoms with Crippen molar-refractivity contribution < 1.29 is 14.6 Å². The molecule has 3 aromatic rings. The van der Waals surface area contributed by atoms with Gasteiger partial charge in [0.2, 0.25) is 0 Å². The van der Waals surface area contributed by atoms with E-state index in [0.717, 1.165) is 33.4 Å². The summed E-state index contributed by atoms with van der Waals surface area (Å²) in [4.78, 5) is 11.5. The number of aryl methyl sites for hydroxylation is 1. The number of aliphatic carboxylic acids is 1. The first-order valence-corrected chi connectivity index (χ1v) is 9.38. The van der Waals surface area contributed by atoms with Gasteiger partial charge in [-0.05, 0) is 36.1 Å². The first-order chi connectivity index (χ1) is 13.5. The number of ether oxygens (including phenoxy) is 1. The summed E-state index contributed by atoms with van der Waals surface area (Å²) in [6, 6.07) is 23.2. The number of hydrogen-bond acceptors (Lipinski definition) is 3. The average Bonchev–Trinajstić information content (AvgIpc) is 3.00. The molecule has 0 fully saturated rings. The number of fused-ring (bicyclic) bond motifs is 3. The molecule has 1 aliphatic rings. The maximum atomic E-state index is 11.5. The van der Waals surface area contributed by atoms with Gasteiger partial charge in [-0.3, -0.25) is 4.79 Å². The normalized spacial score (nSPS) is 19.5. The lowest BCUT2D eigenvalue weighted by molar-refractivity contribution is -0.144. The number of nitrogens with two attached hydrogens (primary N) is 1. The van der Waals surface area contributed by atoms with Crippen LogP contribution in [0.2, 0.25) is 0 Å². The van der Waals surface area contributed by atoms with Crippen LogP contribution in [0, 0.1) is 6.92 Å². The quantitative estimate of drug-likeness (QED) is 0.707. The maximum absolute atomic E-state index is 11.5. The van der Waals surface area contributed by atoms with E-state index < -0.39 is 23.7 Å². The molecular weight excluding hydrogens is 350 g/mol. The van der Waals surface area contributed by atoms with Gasteiger partial charge in [0.25, 0.3) is 0 Å². The van der Waals surface area contributed by atoms with Crippen LogP contribution in [0.3, 0.4) is 0 Å². The molecule has 3 atom stereocenters. The predicted octanol–water partition coefficient (Wildman–Crippen LogP) is 4.08. The number of carbonyl (C=O) groups is 1. The summed E-state index contributed by atoms with van der Waals surface area (Å²) in [5.41, 5.74) is 11.3. The second kappa shape index (κ2) is 6.89. The zero-order valence-electron chi connectivity index (χ0n) is 15.9. The van der Waals surface area contributed by atoms with Crippen molar-refractivity contribution in [1.82, 2.24) is 0 Å². The van der Waals surface area contributed by atoms with Gasteiger partial charge in [-0.2, -0.15) is 0 Å². The molecule has 0 spiro atoms. The second-order valence-corrected chi connectivity index (χ2v) is 7.28. The Hall–Kier alpha value is -2.95. The minimum Gasteiger partial charge on any atom is -0.480 e. The van der Waals surface area contributed by atoms with Crippen LogP contribution in [-0.4, -0.2) is 23.2 Å². The first-order valence-electron chi connectivity index (χ1n) is 9.38. The summed E-state index contributed by atoms with van der Waals surface area (Å²) >= 11 is 0. The second-order valence-electron chi connectivity index (χ2n) is 7.28. The zero-order valence-corrected chi connectivity index (χ0v) is 15.9. The Morgan fingerprint density at radius 1 is 0.964 bits per heavy atom. The van der Waals surface area contributed by atoms with Crippen molar-refractivity contribution in [2.75, 3.05) is 0 Å². The van der Waals surface area contributed by atoms with Crippen molar-refractivity contribution in [3.05, 3.63) is 95.1 Å². The Bertz CT molecular complexity index is 1030. The summed E-state index contributed by atoms with van der Waals surface area (Å²) in [6.07, 6.45) is -0.698. The molecule has 4 nitrogen and oxygen atoms in total. The minimum absolute atomic E-state index is 0.698. The van der Waals surface area contributed by atoms with Gasteiger partial charge in [-0.15, -0.1) is 0 Å². The van der Waals surface area contributed by atoms with Crippen LogP contribution in [0.25, 0.3) is 11.1 Å². The van der Waals surface area contributed by atoms with Gasteiger partial charge >= 0.3 is 5.97 Å². The molecule has 4 heteroatoms. The SMILES string of the molecule is Cc1cccc2c1C(O[C@H](C)[C@H](N)C(=O)O)(c1ccccc1)c1ccccc1-2. The van der Waals surface area contributed by atoms with E-state index >= 15 is 0 Å². The third-order valence-electron chi connectivity index (χ3n) is 5.56. The van der Waals surface area contributed by atoms with Crippen molar-refractivity contribution in [3.8, 4) is 11.1 Å². The standard InChI is InChI=1S/C24H23NO3/c1-15-9-8-13-19-18-12-6-7-14-20(18)24(21(15)19,17-10-4-3-5-11-17)28-16(2)22(25)23(26)27/h3-14,16,22H,25H2,1-2H3,(H,26,27)/t16-,22+,24?/m1/s1. The number of benzene rings is 3. The van der Waals surface area contributed by atoms with E-state index in [1.165, 1.54) is 0 Å². The van der Waals surface area contributed by atoms with Crippen molar-refractivity contribution >= 4 is 5.97 Å². The highest BCUT2D eigenvalue weighted by atomic mass is 16.5. The fraction of sp³-hybridized carbons (Fsp3) is 0.208. The van der Waals surface area contributed by atoms with E-state index in [1.807, 2.05) is 48.5 Å². The predicted molar refractivity (Wildman–Crippen MR) is 109 cm³/mol. The highest BCUT2D eigenvalue weighted by Crippen LogP contribution is 2.54. The number of hydrogen-bond donors (Lipinski definition) is 2. The van der Waals surface area contributed by atoms with Crippen LogP contribution in [-0.2, 0) is 15.1 Å². The van der Waals surface area contributed by atoms with Gasteiger partial charge < -0.3 is 15.6 Å². The monoisotopic (exact) mass is 373 g/mol. The lowest BCUT2D eigenvalue weighted by Crippen LogP contribution is -2.46. The highest BCUT2D eigenvalue weighted by Gasteiger charge is 2.48. The number of carboxylic acid groups (broad SMARTS) is 1. The fourth-order valence-electron chi connectivity index (χ4n) is 4.24. The lowest BCUT2D eigenvalue weighted by atomic mass is 9.81. The van der Waals surface area contributed by atoms with E-state index in [0.29, 0.717) is 0 Å². The van der Waals surface area contributed by atoms with E-state index in [2.05, 4.69) is 31.2 Å². The maximum Gasteiger partial charge on any atom is 0.323 e. The van der Waals surface area contributed by atoms with Crippen LogP contribution in [0.4, 0.5) is 0 Å². The topological polar surface area (TPSA) is 72.5 Å². The van der Waals surface area contributed by atoms with Crippen molar-refractivity contribution in [2.45, 2.75) is 31.6 Å². The molecule has 28 heavy (non-hydrogen) atoms. The third-order valence-corrected chi connectivity index (χ3v) is 5.56. The van der Waals surface area contributed by atoms with Gasteiger partial charge in [0.05, 0.1) is 6.10 Å². The molecule has 3 aromatic carbocycles. The molecule has 0 aromatic heterocycles. The van der Waals surface area contributed by atoms with Crippen molar-refractivity contribution in [2.24, 2.45) is 5.73 Å². The van der Waals surface area contributed by atoms with E-state index in [1.54, 1.807) is 6.92 Å². The Morgan fingerprint density at radius 2 is 1.61 bits per heavy atom. The Labute approximate surface area is 164 Å². The molecule has 3 N–H and O–H groups in total. The van der Waals surface area contributed by atoms with Crippen LogP contribution >= 0.6 is 0 Å². The van der Waals surface area contributed by atoms with Gasteiger partial charge in [0, 0.05) is 11.1 Å². The summed E-state index contributed by atoms with van der Waals surface area (Å²) < 4.78 is 6.64. The molecule has 0 saturated carbocycles. The molecule has 0 aliphatic heterocycles. The van der Waals surface area contributed by atoms with Crippen LogP contribution in [0.15, 0.2) is 72.8 Å². The molecule has 142 valence electrons. The Balaban J connectivity index is 2.03. The first kappa shape index (κ1) is 18.4. The van der Waals surface area contributed by atoms with Gasteiger partial charge in [0.15, 0.2) is 0 Å². The molecular formula is C24H23NO3. The molecule has 0 heterocycles. The van der Waals surface area contributed by atoms with E-state index in [-0.39, 0.29) is 0 Å². The molecule has 0 radical (unpaired) electrons. The largest absolute Gasteiger partial charge is 0.480 e. The number of carboxylic acids is 1. The average molecular weight is 373 g/mol. The molecule has 1 aliphatic carbocycles. The van der Waals surface area contributed by atoms with Crippen LogP contribution in [0.1, 0.15) is 29.2 Å². The lowest BCUT2D eigenvalue weighted by Gasteiger charge is -2.37. The fourth-order valence-corrected chi connectivity index (χ4v) is 4.24. The smallest absolute Gasteiger partial charge is 0.323 e. The molecule has 4 rings (SSSR count). The summed E-state index contributed by atoms with van der Waals surface area (Å²) in [5.74, 6) is -1.08. The van der Waals surface area contributed by atoms with E-state index in [4.69, 9.17) is 10.5 Å². The summed E-state index contributed by atoms with van der Waals surface area (Å²) in [6.45, 7) is 3.79. The van der Waals surface area contributed by atoms with Crippen LogP contribution < -0.4 is 5.73 Å². The van der Waals surface area contributed by atoms with Gasteiger partial charge in [-0.1, -0.05) is 72.8 Å². The van der Waals surface area contributed by atoms with Crippen molar-refractivity contribution in [1.29, 1.82) is 0 Å².